The molecule has 2 N–H and O–H groups in total. The minimum absolute atomic E-state index is 0.615. The Hall–Kier alpha value is -2.95. The average molecular weight is 333 g/mol. The van der Waals surface area contributed by atoms with Crippen LogP contribution in [0.3, 0.4) is 0 Å². The lowest BCUT2D eigenvalue weighted by Gasteiger charge is -2.11. The Morgan fingerprint density at radius 1 is 0.960 bits per heavy atom. The van der Waals surface area contributed by atoms with Crippen LogP contribution in [0.15, 0.2) is 60.9 Å². The SMILES string of the molecule is CCCCNc1cc(-c2ccccc2)nc(NCc2cccnc2)n1. The maximum Gasteiger partial charge on any atom is 0.225 e. The van der Waals surface area contributed by atoms with Gasteiger partial charge in [0.2, 0.25) is 5.95 Å². The first-order valence-electron chi connectivity index (χ1n) is 8.66. The lowest BCUT2D eigenvalue weighted by molar-refractivity contribution is 0.830. The highest BCUT2D eigenvalue weighted by Gasteiger charge is 2.07. The topological polar surface area (TPSA) is 62.7 Å². The fourth-order valence-electron chi connectivity index (χ4n) is 2.45. The van der Waals surface area contributed by atoms with Gasteiger partial charge in [0, 0.05) is 37.1 Å². The maximum atomic E-state index is 4.66. The van der Waals surface area contributed by atoms with Crippen molar-refractivity contribution in [1.29, 1.82) is 0 Å². The smallest absolute Gasteiger partial charge is 0.225 e. The first-order chi connectivity index (χ1) is 12.3. The molecule has 0 unspecified atom stereocenters. The van der Waals surface area contributed by atoms with Crippen LogP contribution in [-0.4, -0.2) is 21.5 Å². The van der Waals surface area contributed by atoms with Crippen LogP contribution in [0.5, 0.6) is 0 Å². The van der Waals surface area contributed by atoms with E-state index in [1.165, 1.54) is 0 Å². The molecule has 2 aromatic heterocycles. The van der Waals surface area contributed by atoms with Crippen LogP contribution in [0.2, 0.25) is 0 Å². The largest absolute Gasteiger partial charge is 0.370 e. The number of hydrogen-bond donors (Lipinski definition) is 2. The van der Waals surface area contributed by atoms with Crippen molar-refractivity contribution >= 4 is 11.8 Å². The van der Waals surface area contributed by atoms with E-state index < -0.39 is 0 Å². The minimum Gasteiger partial charge on any atom is -0.370 e. The predicted octanol–water partition coefficient (Wildman–Crippen LogP) is 4.36. The van der Waals surface area contributed by atoms with Gasteiger partial charge in [0.1, 0.15) is 5.82 Å². The third-order valence-electron chi connectivity index (χ3n) is 3.81. The molecule has 2 heterocycles. The van der Waals surface area contributed by atoms with E-state index in [2.05, 4.69) is 44.6 Å². The molecule has 0 aliphatic heterocycles. The Kier molecular flexibility index (Phi) is 5.93. The molecule has 3 rings (SSSR count). The van der Waals surface area contributed by atoms with Crippen LogP contribution in [0, 0.1) is 0 Å². The molecule has 0 aliphatic carbocycles. The van der Waals surface area contributed by atoms with Gasteiger partial charge in [-0.1, -0.05) is 49.7 Å². The first-order valence-corrected chi connectivity index (χ1v) is 8.66. The van der Waals surface area contributed by atoms with Crippen LogP contribution >= 0.6 is 0 Å². The molecule has 25 heavy (non-hydrogen) atoms. The molecular formula is C20H23N5. The van der Waals surface area contributed by atoms with Gasteiger partial charge in [0.05, 0.1) is 5.69 Å². The van der Waals surface area contributed by atoms with Crippen LogP contribution in [0.25, 0.3) is 11.3 Å². The fourth-order valence-corrected chi connectivity index (χ4v) is 2.45. The van der Waals surface area contributed by atoms with Crippen molar-refractivity contribution < 1.29 is 0 Å². The van der Waals surface area contributed by atoms with E-state index in [4.69, 9.17) is 0 Å². The number of pyridine rings is 1. The summed E-state index contributed by atoms with van der Waals surface area (Å²) in [6.07, 6.45) is 5.87. The van der Waals surface area contributed by atoms with Crippen molar-refractivity contribution in [3.63, 3.8) is 0 Å². The summed E-state index contributed by atoms with van der Waals surface area (Å²) < 4.78 is 0. The van der Waals surface area contributed by atoms with Crippen LogP contribution in [0.1, 0.15) is 25.3 Å². The average Bonchev–Trinajstić information content (AvgIpc) is 2.68. The van der Waals surface area contributed by atoms with Crippen LogP contribution in [-0.2, 0) is 6.54 Å². The Labute approximate surface area is 148 Å². The van der Waals surface area contributed by atoms with Gasteiger partial charge in [-0.2, -0.15) is 4.98 Å². The number of hydrogen-bond acceptors (Lipinski definition) is 5. The number of anilines is 2. The van der Waals surface area contributed by atoms with Crippen molar-refractivity contribution in [1.82, 2.24) is 15.0 Å². The molecule has 128 valence electrons. The second-order valence-corrected chi connectivity index (χ2v) is 5.82. The molecule has 0 amide bonds. The van der Waals surface area contributed by atoms with E-state index in [9.17, 15) is 0 Å². The highest BCUT2D eigenvalue weighted by Crippen LogP contribution is 2.21. The summed E-state index contributed by atoms with van der Waals surface area (Å²) >= 11 is 0. The number of rotatable bonds is 8. The molecule has 3 aromatic rings. The molecule has 0 radical (unpaired) electrons. The van der Waals surface area contributed by atoms with Gasteiger partial charge in [-0.25, -0.2) is 4.98 Å². The van der Waals surface area contributed by atoms with Crippen molar-refractivity contribution in [2.75, 3.05) is 17.2 Å². The standard InChI is InChI=1S/C20H23N5/c1-2-3-12-22-19-13-18(17-9-5-4-6-10-17)24-20(25-19)23-15-16-8-7-11-21-14-16/h4-11,13-14H,2-3,12,15H2,1H3,(H2,22,23,24,25). The van der Waals surface area contributed by atoms with Gasteiger partial charge < -0.3 is 10.6 Å². The van der Waals surface area contributed by atoms with Gasteiger partial charge in [0.25, 0.3) is 0 Å². The van der Waals surface area contributed by atoms with Crippen LogP contribution in [0.4, 0.5) is 11.8 Å². The van der Waals surface area contributed by atoms with E-state index in [1.54, 1.807) is 6.20 Å². The van der Waals surface area contributed by atoms with Crippen LogP contribution < -0.4 is 10.6 Å². The number of aromatic nitrogens is 3. The van der Waals surface area contributed by atoms with E-state index in [1.807, 2.05) is 42.6 Å². The highest BCUT2D eigenvalue weighted by atomic mass is 15.1. The summed E-state index contributed by atoms with van der Waals surface area (Å²) in [6.45, 7) is 3.72. The number of nitrogens with one attached hydrogen (secondary N) is 2. The molecule has 0 saturated carbocycles. The second-order valence-electron chi connectivity index (χ2n) is 5.82. The minimum atomic E-state index is 0.615. The molecular weight excluding hydrogens is 310 g/mol. The van der Waals surface area contributed by atoms with Gasteiger partial charge in [-0.05, 0) is 18.1 Å². The highest BCUT2D eigenvalue weighted by molar-refractivity contribution is 5.64. The van der Waals surface area contributed by atoms with E-state index in [0.717, 1.165) is 42.0 Å². The van der Waals surface area contributed by atoms with E-state index in [0.29, 0.717) is 12.5 Å². The molecule has 0 atom stereocenters. The Bertz CT molecular complexity index is 775. The zero-order valence-corrected chi connectivity index (χ0v) is 14.4. The third-order valence-corrected chi connectivity index (χ3v) is 3.81. The van der Waals surface area contributed by atoms with Crippen molar-refractivity contribution in [3.8, 4) is 11.3 Å². The lowest BCUT2D eigenvalue weighted by atomic mass is 10.1. The Balaban J connectivity index is 1.81. The molecule has 0 spiro atoms. The van der Waals surface area contributed by atoms with E-state index in [-0.39, 0.29) is 0 Å². The Morgan fingerprint density at radius 3 is 2.60 bits per heavy atom. The number of nitrogens with zero attached hydrogens (tertiary/aromatic N) is 3. The summed E-state index contributed by atoms with van der Waals surface area (Å²) in [5.41, 5.74) is 3.08. The molecule has 0 fully saturated rings. The third kappa shape index (κ3) is 5.01. The number of unbranched alkanes of at least 4 members (excludes halogenated alkanes) is 1. The quantitative estimate of drug-likeness (QED) is 0.600. The van der Waals surface area contributed by atoms with Gasteiger partial charge >= 0.3 is 0 Å². The summed E-state index contributed by atoms with van der Waals surface area (Å²) in [6, 6.07) is 16.1. The van der Waals surface area contributed by atoms with E-state index >= 15 is 0 Å². The van der Waals surface area contributed by atoms with Gasteiger partial charge in [0.15, 0.2) is 0 Å². The summed E-state index contributed by atoms with van der Waals surface area (Å²) in [5.74, 6) is 1.46. The zero-order chi connectivity index (χ0) is 17.3. The zero-order valence-electron chi connectivity index (χ0n) is 14.4. The molecule has 1 aromatic carbocycles. The maximum absolute atomic E-state index is 4.66. The summed E-state index contributed by atoms with van der Waals surface area (Å²) in [5, 5.41) is 6.69. The lowest BCUT2D eigenvalue weighted by Crippen LogP contribution is -2.08. The second kappa shape index (κ2) is 8.78. The molecule has 0 aliphatic rings. The predicted molar refractivity (Wildman–Crippen MR) is 102 cm³/mol. The fraction of sp³-hybridized carbons (Fsp3) is 0.250. The van der Waals surface area contributed by atoms with Crippen molar-refractivity contribution in [3.05, 3.63) is 66.5 Å². The van der Waals surface area contributed by atoms with Gasteiger partial charge in [-0.3, -0.25) is 4.98 Å². The van der Waals surface area contributed by atoms with Gasteiger partial charge in [-0.15, -0.1) is 0 Å². The van der Waals surface area contributed by atoms with Crippen molar-refractivity contribution in [2.24, 2.45) is 0 Å². The molecule has 5 nitrogen and oxygen atoms in total. The number of benzene rings is 1. The summed E-state index contributed by atoms with van der Waals surface area (Å²) in [4.78, 5) is 13.4. The normalized spacial score (nSPS) is 10.4. The summed E-state index contributed by atoms with van der Waals surface area (Å²) in [7, 11) is 0. The Morgan fingerprint density at radius 2 is 1.84 bits per heavy atom. The van der Waals surface area contributed by atoms with Crippen molar-refractivity contribution in [2.45, 2.75) is 26.3 Å². The molecule has 0 saturated heterocycles. The monoisotopic (exact) mass is 333 g/mol. The molecule has 0 bridgehead atoms. The first kappa shape index (κ1) is 16.9. The molecule has 5 heteroatoms.